The fourth-order valence-corrected chi connectivity index (χ4v) is 3.40. The van der Waals surface area contributed by atoms with Crippen molar-refractivity contribution in [3.63, 3.8) is 0 Å². The molecule has 2 nitrogen and oxygen atoms in total. The third-order valence-corrected chi connectivity index (χ3v) is 4.64. The molecule has 21 heavy (non-hydrogen) atoms. The van der Waals surface area contributed by atoms with Gasteiger partial charge in [-0.15, -0.1) is 0 Å². The van der Waals surface area contributed by atoms with Crippen molar-refractivity contribution in [2.45, 2.75) is 64.5 Å². The predicted molar refractivity (Wildman–Crippen MR) is 91.4 cm³/mol. The Hall–Kier alpha value is -0.860. The molecule has 0 bridgehead atoms. The van der Waals surface area contributed by atoms with Crippen LogP contribution in [0.3, 0.4) is 0 Å². The van der Waals surface area contributed by atoms with Crippen molar-refractivity contribution in [2.75, 3.05) is 13.1 Å². The molecule has 2 N–H and O–H groups in total. The Labute approximate surface area is 130 Å². The maximum atomic E-state index is 6.44. The second-order valence-corrected chi connectivity index (χ2v) is 7.07. The normalized spacial score (nSPS) is 17.8. The molecule has 0 radical (unpaired) electrons. The van der Waals surface area contributed by atoms with Crippen molar-refractivity contribution < 1.29 is 0 Å². The minimum Gasteiger partial charge on any atom is -0.326 e. The number of benzene rings is 1. The van der Waals surface area contributed by atoms with Crippen LogP contribution in [0.25, 0.3) is 0 Å². The maximum absolute atomic E-state index is 6.44. The van der Waals surface area contributed by atoms with Gasteiger partial charge in [-0.2, -0.15) is 0 Å². The summed E-state index contributed by atoms with van der Waals surface area (Å²) in [5.41, 5.74) is 7.80. The van der Waals surface area contributed by atoms with Crippen LogP contribution < -0.4 is 5.73 Å². The Balaban J connectivity index is 1.87. The standard InChI is InChI=1S/C19H32N2/c1-16(2)12-13-21(19-10-6-7-11-19)15-18(20)14-17-8-4-3-5-9-17/h3-5,8-9,16,18-19H,6-7,10-15,20H2,1-2H3. The van der Waals surface area contributed by atoms with E-state index in [0.717, 1.165) is 24.9 Å². The lowest BCUT2D eigenvalue weighted by atomic mass is 10.0. The Bertz CT molecular complexity index is 382. The average molecular weight is 288 g/mol. The highest BCUT2D eigenvalue weighted by Gasteiger charge is 2.23. The monoisotopic (exact) mass is 288 g/mol. The van der Waals surface area contributed by atoms with E-state index in [-0.39, 0.29) is 6.04 Å². The molecular formula is C19H32N2. The Morgan fingerprint density at radius 2 is 1.81 bits per heavy atom. The Kier molecular flexibility index (Phi) is 6.72. The molecule has 0 spiro atoms. The van der Waals surface area contributed by atoms with Crippen LogP contribution in [0.4, 0.5) is 0 Å². The van der Waals surface area contributed by atoms with Gasteiger partial charge in [0.25, 0.3) is 0 Å². The fraction of sp³-hybridized carbons (Fsp3) is 0.684. The van der Waals surface area contributed by atoms with Gasteiger partial charge in [0.15, 0.2) is 0 Å². The molecule has 1 aliphatic carbocycles. The lowest BCUT2D eigenvalue weighted by molar-refractivity contribution is 0.176. The molecule has 1 aromatic carbocycles. The molecule has 0 saturated heterocycles. The van der Waals surface area contributed by atoms with E-state index in [1.807, 2.05) is 0 Å². The number of hydrogen-bond acceptors (Lipinski definition) is 2. The van der Waals surface area contributed by atoms with Gasteiger partial charge >= 0.3 is 0 Å². The Morgan fingerprint density at radius 3 is 2.43 bits per heavy atom. The quantitative estimate of drug-likeness (QED) is 0.787. The van der Waals surface area contributed by atoms with E-state index in [1.54, 1.807) is 0 Å². The summed E-state index contributed by atoms with van der Waals surface area (Å²) in [6, 6.07) is 11.7. The highest BCUT2D eigenvalue weighted by molar-refractivity contribution is 5.15. The summed E-state index contributed by atoms with van der Waals surface area (Å²) < 4.78 is 0. The van der Waals surface area contributed by atoms with Crippen LogP contribution in [0, 0.1) is 5.92 Å². The molecule has 118 valence electrons. The summed E-state index contributed by atoms with van der Waals surface area (Å²) in [7, 11) is 0. The summed E-state index contributed by atoms with van der Waals surface area (Å²) in [6.07, 6.45) is 7.82. The molecule has 0 aromatic heterocycles. The summed E-state index contributed by atoms with van der Waals surface area (Å²) in [5.74, 6) is 0.777. The predicted octanol–water partition coefficient (Wildman–Crippen LogP) is 3.85. The van der Waals surface area contributed by atoms with Gasteiger partial charge in [0.05, 0.1) is 0 Å². The highest BCUT2D eigenvalue weighted by Crippen LogP contribution is 2.24. The van der Waals surface area contributed by atoms with E-state index in [9.17, 15) is 0 Å². The Morgan fingerprint density at radius 1 is 1.14 bits per heavy atom. The molecule has 2 heteroatoms. The first-order valence-electron chi connectivity index (χ1n) is 8.68. The van der Waals surface area contributed by atoms with Gasteiger partial charge in [0, 0.05) is 18.6 Å². The molecule has 1 saturated carbocycles. The number of hydrogen-bond donors (Lipinski definition) is 1. The zero-order chi connectivity index (χ0) is 15.1. The van der Waals surface area contributed by atoms with Crippen molar-refractivity contribution in [1.82, 2.24) is 4.90 Å². The molecular weight excluding hydrogens is 256 g/mol. The first-order valence-corrected chi connectivity index (χ1v) is 8.68. The van der Waals surface area contributed by atoms with Gasteiger partial charge in [-0.25, -0.2) is 0 Å². The molecule has 1 fully saturated rings. The third-order valence-electron chi connectivity index (χ3n) is 4.64. The fourth-order valence-electron chi connectivity index (χ4n) is 3.40. The van der Waals surface area contributed by atoms with Gasteiger partial charge < -0.3 is 5.73 Å². The summed E-state index contributed by atoms with van der Waals surface area (Å²) in [4.78, 5) is 2.68. The second kappa shape index (κ2) is 8.55. The number of nitrogens with two attached hydrogens (primary N) is 1. The third kappa shape index (κ3) is 5.80. The van der Waals surface area contributed by atoms with Gasteiger partial charge in [-0.1, -0.05) is 57.0 Å². The molecule has 1 aliphatic rings. The van der Waals surface area contributed by atoms with Gasteiger partial charge in [-0.3, -0.25) is 4.90 Å². The molecule has 1 unspecified atom stereocenters. The van der Waals surface area contributed by atoms with Crippen LogP contribution in [-0.4, -0.2) is 30.1 Å². The molecule has 0 amide bonds. The van der Waals surface area contributed by atoms with E-state index < -0.39 is 0 Å². The van der Waals surface area contributed by atoms with Gasteiger partial charge in [0.1, 0.15) is 0 Å². The average Bonchev–Trinajstić information content (AvgIpc) is 2.98. The second-order valence-electron chi connectivity index (χ2n) is 7.07. The minimum atomic E-state index is 0.250. The minimum absolute atomic E-state index is 0.250. The smallest absolute Gasteiger partial charge is 0.0208 e. The van der Waals surface area contributed by atoms with E-state index >= 15 is 0 Å². The molecule has 1 atom stereocenters. The lowest BCUT2D eigenvalue weighted by Gasteiger charge is -2.32. The van der Waals surface area contributed by atoms with Crippen LogP contribution in [-0.2, 0) is 6.42 Å². The summed E-state index contributed by atoms with van der Waals surface area (Å²) in [5, 5.41) is 0. The molecule has 0 aliphatic heterocycles. The lowest BCUT2D eigenvalue weighted by Crippen LogP contribution is -2.44. The van der Waals surface area contributed by atoms with E-state index in [1.165, 1.54) is 44.2 Å². The maximum Gasteiger partial charge on any atom is 0.0208 e. The van der Waals surface area contributed by atoms with Crippen molar-refractivity contribution in [1.29, 1.82) is 0 Å². The van der Waals surface area contributed by atoms with Gasteiger partial charge in [-0.05, 0) is 43.7 Å². The first kappa shape index (κ1) is 16.5. The SMILES string of the molecule is CC(C)CCN(CC(N)Cc1ccccc1)C1CCCC1. The summed E-state index contributed by atoms with van der Waals surface area (Å²) in [6.45, 7) is 6.89. The van der Waals surface area contributed by atoms with Crippen LogP contribution in [0.1, 0.15) is 51.5 Å². The van der Waals surface area contributed by atoms with Crippen LogP contribution in [0.2, 0.25) is 0 Å². The van der Waals surface area contributed by atoms with Crippen molar-refractivity contribution in [2.24, 2.45) is 11.7 Å². The number of nitrogens with zero attached hydrogens (tertiary/aromatic N) is 1. The van der Waals surface area contributed by atoms with Crippen molar-refractivity contribution >= 4 is 0 Å². The molecule has 2 rings (SSSR count). The molecule has 0 heterocycles. The van der Waals surface area contributed by atoms with Crippen LogP contribution in [0.15, 0.2) is 30.3 Å². The zero-order valence-corrected chi connectivity index (χ0v) is 13.8. The van der Waals surface area contributed by atoms with E-state index in [2.05, 4.69) is 49.1 Å². The topological polar surface area (TPSA) is 29.3 Å². The number of rotatable bonds is 8. The van der Waals surface area contributed by atoms with E-state index in [4.69, 9.17) is 5.73 Å². The highest BCUT2D eigenvalue weighted by atomic mass is 15.2. The largest absolute Gasteiger partial charge is 0.326 e. The molecule has 1 aromatic rings. The zero-order valence-electron chi connectivity index (χ0n) is 13.8. The van der Waals surface area contributed by atoms with Crippen molar-refractivity contribution in [3.8, 4) is 0 Å². The first-order chi connectivity index (χ1) is 10.1. The summed E-state index contributed by atoms with van der Waals surface area (Å²) >= 11 is 0. The van der Waals surface area contributed by atoms with Crippen LogP contribution >= 0.6 is 0 Å². The van der Waals surface area contributed by atoms with E-state index in [0.29, 0.717) is 0 Å². The van der Waals surface area contributed by atoms with Crippen molar-refractivity contribution in [3.05, 3.63) is 35.9 Å². The van der Waals surface area contributed by atoms with Gasteiger partial charge in [0.2, 0.25) is 0 Å². The van der Waals surface area contributed by atoms with Crippen LogP contribution in [0.5, 0.6) is 0 Å².